The molecule has 1 heterocycles. The number of nitrogens with zero attached hydrogens (tertiary/aromatic N) is 3. The van der Waals surface area contributed by atoms with E-state index in [-0.39, 0.29) is 23.7 Å². The van der Waals surface area contributed by atoms with Crippen LogP contribution in [0.3, 0.4) is 0 Å². The van der Waals surface area contributed by atoms with Crippen LogP contribution in [0.25, 0.3) is 0 Å². The van der Waals surface area contributed by atoms with E-state index in [0.717, 1.165) is 5.56 Å². The van der Waals surface area contributed by atoms with Crippen molar-refractivity contribution >= 4 is 35.2 Å². The number of benzene rings is 1. The minimum Gasteiger partial charge on any atom is -0.444 e. The molecule has 2 aromatic rings. The van der Waals surface area contributed by atoms with Gasteiger partial charge in [-0.2, -0.15) is 9.97 Å². The molecule has 1 atom stereocenters. The second kappa shape index (κ2) is 7.19. The van der Waals surface area contributed by atoms with E-state index < -0.39 is 11.5 Å². The van der Waals surface area contributed by atoms with Crippen molar-refractivity contribution in [2.75, 3.05) is 5.32 Å². The molecular formula is C13H12Cl2N4O2. The van der Waals surface area contributed by atoms with Crippen LogP contribution in [0.1, 0.15) is 23.7 Å². The highest BCUT2D eigenvalue weighted by molar-refractivity contribution is 6.28. The summed E-state index contributed by atoms with van der Waals surface area (Å²) in [5.41, 5.74) is 0.872. The number of hydrogen-bond donors (Lipinski definition) is 1. The van der Waals surface area contributed by atoms with E-state index in [1.807, 2.05) is 30.3 Å². The summed E-state index contributed by atoms with van der Waals surface area (Å²) in [6, 6.07) is 9.29. The van der Waals surface area contributed by atoms with Gasteiger partial charge in [0.15, 0.2) is 5.82 Å². The summed E-state index contributed by atoms with van der Waals surface area (Å²) in [5.74, 6) is 0.269. The van der Waals surface area contributed by atoms with Gasteiger partial charge < -0.3 is 4.74 Å². The number of rotatable bonds is 4. The van der Waals surface area contributed by atoms with Crippen molar-refractivity contribution in [2.45, 2.75) is 18.9 Å². The smallest absolute Gasteiger partial charge is 0.414 e. The van der Waals surface area contributed by atoms with Crippen molar-refractivity contribution in [1.29, 1.82) is 0 Å². The Morgan fingerprint density at radius 2 is 2.00 bits per heavy atom. The van der Waals surface area contributed by atoms with E-state index in [9.17, 15) is 4.79 Å². The largest absolute Gasteiger partial charge is 0.444 e. The van der Waals surface area contributed by atoms with Gasteiger partial charge in [0.2, 0.25) is 11.2 Å². The Kier molecular flexibility index (Phi) is 5.30. The SMILES string of the molecule is CC(Cl)c1nc(Cl)nc(NC(=O)OCc2ccccc2)n1. The van der Waals surface area contributed by atoms with Crippen LogP contribution < -0.4 is 5.32 Å². The fraction of sp³-hybridized carbons (Fsp3) is 0.231. The first kappa shape index (κ1) is 15.5. The molecule has 0 saturated heterocycles. The summed E-state index contributed by atoms with van der Waals surface area (Å²) >= 11 is 11.6. The van der Waals surface area contributed by atoms with Crippen LogP contribution in [0.5, 0.6) is 0 Å². The molecule has 21 heavy (non-hydrogen) atoms. The summed E-state index contributed by atoms with van der Waals surface area (Å²) in [7, 11) is 0. The van der Waals surface area contributed by atoms with Crippen molar-refractivity contribution in [3.8, 4) is 0 Å². The fourth-order valence-electron chi connectivity index (χ4n) is 1.45. The summed E-state index contributed by atoms with van der Waals surface area (Å²) in [6.45, 7) is 1.83. The minimum atomic E-state index is -0.686. The summed E-state index contributed by atoms with van der Waals surface area (Å²) in [5, 5.41) is 1.88. The Bertz CT molecular complexity index is 623. The van der Waals surface area contributed by atoms with Crippen molar-refractivity contribution in [3.63, 3.8) is 0 Å². The van der Waals surface area contributed by atoms with Crippen LogP contribution in [0.2, 0.25) is 5.28 Å². The van der Waals surface area contributed by atoms with Gasteiger partial charge in [-0.05, 0) is 24.1 Å². The molecule has 8 heteroatoms. The molecule has 1 amide bonds. The minimum absolute atomic E-state index is 0.00411. The molecule has 0 spiro atoms. The molecule has 2 rings (SSSR count). The maximum atomic E-state index is 11.7. The molecule has 1 aromatic heterocycles. The van der Waals surface area contributed by atoms with Gasteiger partial charge in [-0.3, -0.25) is 5.32 Å². The highest BCUT2D eigenvalue weighted by Crippen LogP contribution is 2.17. The highest BCUT2D eigenvalue weighted by atomic mass is 35.5. The first-order chi connectivity index (χ1) is 10.0. The molecule has 0 fully saturated rings. The van der Waals surface area contributed by atoms with Gasteiger partial charge in [-0.25, -0.2) is 9.78 Å². The molecule has 110 valence electrons. The average molecular weight is 327 g/mol. The second-order valence-corrected chi connectivity index (χ2v) is 5.08. The number of nitrogens with one attached hydrogen (secondary N) is 1. The summed E-state index contributed by atoms with van der Waals surface area (Å²) in [6.07, 6.45) is -0.686. The van der Waals surface area contributed by atoms with Crippen LogP contribution in [-0.4, -0.2) is 21.0 Å². The number of halogens is 2. The first-order valence-electron chi connectivity index (χ1n) is 6.08. The van der Waals surface area contributed by atoms with E-state index in [2.05, 4.69) is 20.3 Å². The van der Waals surface area contributed by atoms with Crippen LogP contribution in [-0.2, 0) is 11.3 Å². The Morgan fingerprint density at radius 3 is 2.67 bits per heavy atom. The van der Waals surface area contributed by atoms with Gasteiger partial charge in [0.05, 0.1) is 5.38 Å². The molecule has 0 aliphatic carbocycles. The molecule has 0 aliphatic heterocycles. The van der Waals surface area contributed by atoms with Crippen LogP contribution in [0, 0.1) is 0 Å². The van der Waals surface area contributed by atoms with E-state index in [1.165, 1.54) is 0 Å². The number of hydrogen-bond acceptors (Lipinski definition) is 5. The maximum absolute atomic E-state index is 11.7. The van der Waals surface area contributed by atoms with Gasteiger partial charge in [-0.15, -0.1) is 11.6 Å². The molecule has 1 N–H and O–H groups in total. The van der Waals surface area contributed by atoms with E-state index in [4.69, 9.17) is 27.9 Å². The lowest BCUT2D eigenvalue weighted by Crippen LogP contribution is -2.16. The van der Waals surface area contributed by atoms with E-state index >= 15 is 0 Å². The summed E-state index contributed by atoms with van der Waals surface area (Å²) < 4.78 is 5.05. The van der Waals surface area contributed by atoms with Crippen molar-refractivity contribution in [3.05, 3.63) is 47.0 Å². The monoisotopic (exact) mass is 326 g/mol. The molecule has 1 unspecified atom stereocenters. The molecule has 0 bridgehead atoms. The number of carbonyl (C=O) groups excluding carboxylic acids is 1. The lowest BCUT2D eigenvalue weighted by Gasteiger charge is -2.08. The quantitative estimate of drug-likeness (QED) is 0.869. The normalized spacial score (nSPS) is 11.8. The highest BCUT2D eigenvalue weighted by Gasteiger charge is 2.12. The van der Waals surface area contributed by atoms with Gasteiger partial charge >= 0.3 is 6.09 Å². The number of carbonyl (C=O) groups is 1. The van der Waals surface area contributed by atoms with E-state index in [0.29, 0.717) is 0 Å². The Morgan fingerprint density at radius 1 is 1.29 bits per heavy atom. The zero-order chi connectivity index (χ0) is 15.2. The number of ether oxygens (including phenoxy) is 1. The van der Waals surface area contributed by atoms with Gasteiger partial charge in [0.25, 0.3) is 0 Å². The molecule has 0 aliphatic rings. The van der Waals surface area contributed by atoms with Crippen molar-refractivity contribution in [2.24, 2.45) is 0 Å². The van der Waals surface area contributed by atoms with Crippen molar-refractivity contribution < 1.29 is 9.53 Å². The van der Waals surface area contributed by atoms with Gasteiger partial charge in [0, 0.05) is 0 Å². The predicted molar refractivity (Wildman–Crippen MR) is 79.4 cm³/mol. The fourth-order valence-corrected chi connectivity index (χ4v) is 1.71. The Hall–Kier alpha value is -1.92. The molecule has 0 radical (unpaired) electrons. The topological polar surface area (TPSA) is 77.0 Å². The molecule has 0 saturated carbocycles. The lowest BCUT2D eigenvalue weighted by atomic mass is 10.2. The number of alkyl halides is 1. The zero-order valence-corrected chi connectivity index (χ0v) is 12.6. The van der Waals surface area contributed by atoms with Crippen molar-refractivity contribution in [1.82, 2.24) is 15.0 Å². The average Bonchev–Trinajstić information content (AvgIpc) is 2.45. The van der Waals surface area contributed by atoms with E-state index in [1.54, 1.807) is 6.92 Å². The first-order valence-corrected chi connectivity index (χ1v) is 6.89. The Labute approximate surface area is 131 Å². The van der Waals surface area contributed by atoms with Crippen LogP contribution in [0.15, 0.2) is 30.3 Å². The summed E-state index contributed by atoms with van der Waals surface area (Å²) in [4.78, 5) is 23.3. The third-order valence-corrected chi connectivity index (χ3v) is 2.77. The van der Waals surface area contributed by atoms with Crippen LogP contribution in [0.4, 0.5) is 10.7 Å². The number of anilines is 1. The van der Waals surface area contributed by atoms with Gasteiger partial charge in [-0.1, -0.05) is 30.3 Å². The second-order valence-electron chi connectivity index (χ2n) is 4.09. The number of amides is 1. The zero-order valence-electron chi connectivity index (χ0n) is 11.1. The van der Waals surface area contributed by atoms with Crippen LogP contribution >= 0.6 is 23.2 Å². The number of aromatic nitrogens is 3. The molecule has 1 aromatic carbocycles. The third kappa shape index (κ3) is 4.84. The molecule has 6 nitrogen and oxygen atoms in total. The third-order valence-electron chi connectivity index (χ3n) is 2.41. The molecular weight excluding hydrogens is 315 g/mol. The maximum Gasteiger partial charge on any atom is 0.414 e. The lowest BCUT2D eigenvalue weighted by molar-refractivity contribution is 0.155. The predicted octanol–water partition coefficient (Wildman–Crippen LogP) is 3.57. The standard InChI is InChI=1S/C13H12Cl2N4O2/c1-8(14)10-16-11(15)18-12(17-10)19-13(20)21-7-9-5-3-2-4-6-9/h2-6,8H,7H2,1H3,(H,16,17,18,19,20). The Balaban J connectivity index is 1.96. The van der Waals surface area contributed by atoms with Gasteiger partial charge in [0.1, 0.15) is 6.61 Å².